The van der Waals surface area contributed by atoms with Crippen LogP contribution in [0.3, 0.4) is 0 Å². The first-order valence-electron chi connectivity index (χ1n) is 4.00. The summed E-state index contributed by atoms with van der Waals surface area (Å²) in [4.78, 5) is 12.5. The third kappa shape index (κ3) is 2.09. The summed E-state index contributed by atoms with van der Waals surface area (Å²) in [6.07, 6.45) is 0. The van der Waals surface area contributed by atoms with E-state index in [0.717, 1.165) is 0 Å². The molecule has 2 amide bonds. The lowest BCUT2D eigenvalue weighted by atomic mass is 10.3. The average Bonchev–Trinajstić information content (AvgIpc) is 2.15. The van der Waals surface area contributed by atoms with Crippen LogP contribution in [0.5, 0.6) is 5.75 Å². The molecule has 0 radical (unpaired) electrons. The van der Waals surface area contributed by atoms with E-state index in [2.05, 4.69) is 5.32 Å². The van der Waals surface area contributed by atoms with Crippen LogP contribution in [0.2, 0.25) is 5.02 Å². The molecule has 2 N–H and O–H groups in total. The van der Waals surface area contributed by atoms with Crippen LogP contribution in [0, 0.1) is 0 Å². The van der Waals surface area contributed by atoms with Crippen LogP contribution < -0.4 is 10.2 Å². The molecule has 5 heteroatoms. The van der Waals surface area contributed by atoms with Gasteiger partial charge in [-0.05, 0) is 12.1 Å². The van der Waals surface area contributed by atoms with Gasteiger partial charge in [0, 0.05) is 25.2 Å². The average molecular weight is 215 g/mol. The van der Waals surface area contributed by atoms with Gasteiger partial charge in [-0.2, -0.15) is 0 Å². The number of phenolic OH excluding ortho intramolecular Hbond substituents is 1. The Balaban J connectivity index is 3.01. The van der Waals surface area contributed by atoms with E-state index >= 15 is 0 Å². The van der Waals surface area contributed by atoms with Crippen molar-refractivity contribution in [1.82, 2.24) is 5.32 Å². The zero-order valence-electron chi connectivity index (χ0n) is 7.91. The Bertz CT molecular complexity index is 355. The molecule has 0 aliphatic rings. The Labute approximate surface area is 87.1 Å². The summed E-state index contributed by atoms with van der Waals surface area (Å²) >= 11 is 5.66. The molecule has 4 nitrogen and oxygen atoms in total. The Morgan fingerprint density at radius 2 is 2.21 bits per heavy atom. The number of anilines is 1. The molecular weight excluding hydrogens is 204 g/mol. The van der Waals surface area contributed by atoms with Crippen LogP contribution >= 0.6 is 11.6 Å². The first kappa shape index (κ1) is 10.7. The van der Waals surface area contributed by atoms with Crippen molar-refractivity contribution in [2.75, 3.05) is 19.0 Å². The molecule has 0 spiro atoms. The first-order valence-corrected chi connectivity index (χ1v) is 4.38. The zero-order chi connectivity index (χ0) is 10.7. The molecule has 0 saturated carbocycles. The van der Waals surface area contributed by atoms with Gasteiger partial charge >= 0.3 is 6.03 Å². The highest BCUT2D eigenvalue weighted by atomic mass is 35.5. The molecule has 0 bridgehead atoms. The maximum atomic E-state index is 11.2. The van der Waals surface area contributed by atoms with Gasteiger partial charge in [-0.1, -0.05) is 11.6 Å². The summed E-state index contributed by atoms with van der Waals surface area (Å²) in [5.41, 5.74) is 0.411. The number of phenols is 1. The van der Waals surface area contributed by atoms with Crippen molar-refractivity contribution in [2.24, 2.45) is 0 Å². The molecule has 0 aliphatic heterocycles. The number of carbonyl (C=O) groups excluding carboxylic acids is 1. The van der Waals surface area contributed by atoms with Gasteiger partial charge in [0.2, 0.25) is 0 Å². The smallest absolute Gasteiger partial charge is 0.321 e. The van der Waals surface area contributed by atoms with Crippen molar-refractivity contribution < 1.29 is 9.90 Å². The lowest BCUT2D eigenvalue weighted by molar-refractivity contribution is 0.249. The highest BCUT2D eigenvalue weighted by Gasteiger charge is 2.12. The Kier molecular flexibility index (Phi) is 3.19. The predicted molar refractivity (Wildman–Crippen MR) is 56.0 cm³/mol. The molecule has 1 aromatic rings. The number of hydrogen-bond acceptors (Lipinski definition) is 2. The minimum Gasteiger partial charge on any atom is -0.506 e. The largest absolute Gasteiger partial charge is 0.506 e. The number of aromatic hydroxyl groups is 1. The number of halogens is 1. The fourth-order valence-corrected chi connectivity index (χ4v) is 1.22. The molecule has 0 unspecified atom stereocenters. The molecule has 0 saturated heterocycles. The Morgan fingerprint density at radius 3 is 2.71 bits per heavy atom. The number of hydrogen-bond donors (Lipinski definition) is 2. The third-order valence-electron chi connectivity index (χ3n) is 1.82. The maximum absolute atomic E-state index is 11.2. The first-order chi connectivity index (χ1) is 6.56. The van der Waals surface area contributed by atoms with E-state index < -0.39 is 0 Å². The van der Waals surface area contributed by atoms with Crippen molar-refractivity contribution in [3.05, 3.63) is 23.2 Å². The van der Waals surface area contributed by atoms with Crippen molar-refractivity contribution in [3.8, 4) is 5.75 Å². The van der Waals surface area contributed by atoms with E-state index in [-0.39, 0.29) is 11.8 Å². The number of rotatable bonds is 1. The van der Waals surface area contributed by atoms with Crippen LogP contribution in [-0.2, 0) is 0 Å². The summed E-state index contributed by atoms with van der Waals surface area (Å²) in [6, 6.07) is 4.27. The molecule has 0 heterocycles. The lowest BCUT2D eigenvalue weighted by Crippen LogP contribution is -2.34. The van der Waals surface area contributed by atoms with Crippen molar-refractivity contribution in [3.63, 3.8) is 0 Å². The molecule has 0 fully saturated rings. The second-order valence-electron chi connectivity index (χ2n) is 2.75. The van der Waals surface area contributed by atoms with Crippen molar-refractivity contribution in [2.45, 2.75) is 0 Å². The van der Waals surface area contributed by atoms with Crippen LogP contribution in [0.1, 0.15) is 0 Å². The molecule has 1 aromatic carbocycles. The fraction of sp³-hybridized carbons (Fsp3) is 0.222. The summed E-state index contributed by atoms with van der Waals surface area (Å²) in [5.74, 6) is -0.0244. The normalized spacial score (nSPS) is 9.64. The number of nitrogens with one attached hydrogen (secondary N) is 1. The van der Waals surface area contributed by atoms with Crippen LogP contribution in [0.15, 0.2) is 18.2 Å². The van der Waals surface area contributed by atoms with E-state index in [4.69, 9.17) is 11.6 Å². The highest BCUT2D eigenvalue weighted by Crippen LogP contribution is 2.29. The van der Waals surface area contributed by atoms with E-state index in [9.17, 15) is 9.90 Å². The van der Waals surface area contributed by atoms with E-state index in [1.807, 2.05) is 0 Å². The van der Waals surface area contributed by atoms with Crippen LogP contribution in [0.4, 0.5) is 10.5 Å². The molecule has 0 atom stereocenters. The molecule has 0 aromatic heterocycles. The predicted octanol–water partition coefficient (Wildman–Crippen LogP) is 1.82. The minimum atomic E-state index is -0.303. The van der Waals surface area contributed by atoms with Gasteiger partial charge < -0.3 is 10.4 Å². The zero-order valence-corrected chi connectivity index (χ0v) is 8.67. The summed E-state index contributed by atoms with van der Waals surface area (Å²) in [5, 5.41) is 12.4. The van der Waals surface area contributed by atoms with E-state index in [0.29, 0.717) is 10.7 Å². The summed E-state index contributed by atoms with van der Waals surface area (Å²) in [6.45, 7) is 0. The number of nitrogens with zero attached hydrogens (tertiary/aromatic N) is 1. The van der Waals surface area contributed by atoms with E-state index in [1.165, 1.54) is 18.0 Å². The minimum absolute atomic E-state index is 0.0244. The van der Waals surface area contributed by atoms with Gasteiger partial charge in [0.1, 0.15) is 5.75 Å². The van der Waals surface area contributed by atoms with Gasteiger partial charge in [-0.3, -0.25) is 4.90 Å². The maximum Gasteiger partial charge on any atom is 0.321 e. The summed E-state index contributed by atoms with van der Waals surface area (Å²) in [7, 11) is 3.08. The van der Waals surface area contributed by atoms with Crippen molar-refractivity contribution >= 4 is 23.3 Å². The van der Waals surface area contributed by atoms with Crippen LogP contribution in [-0.4, -0.2) is 25.2 Å². The second kappa shape index (κ2) is 4.19. The Morgan fingerprint density at radius 1 is 1.57 bits per heavy atom. The van der Waals surface area contributed by atoms with Crippen molar-refractivity contribution in [1.29, 1.82) is 0 Å². The molecule has 0 aliphatic carbocycles. The number of urea groups is 1. The topological polar surface area (TPSA) is 52.6 Å². The summed E-state index contributed by atoms with van der Waals surface area (Å²) < 4.78 is 0. The fourth-order valence-electron chi connectivity index (χ4n) is 1.06. The van der Waals surface area contributed by atoms with Gasteiger partial charge in [-0.15, -0.1) is 0 Å². The monoisotopic (exact) mass is 214 g/mol. The SMILES string of the molecule is CNC(=O)N(C)c1ccc(Cl)cc1O. The van der Waals surface area contributed by atoms with E-state index in [1.54, 1.807) is 19.2 Å². The Hall–Kier alpha value is -1.42. The van der Waals surface area contributed by atoms with Gasteiger partial charge in [0.05, 0.1) is 5.69 Å². The third-order valence-corrected chi connectivity index (χ3v) is 2.05. The van der Waals surface area contributed by atoms with Gasteiger partial charge in [-0.25, -0.2) is 4.79 Å². The molecule has 1 rings (SSSR count). The standard InChI is InChI=1S/C9H11ClN2O2/c1-11-9(14)12(2)7-4-3-6(10)5-8(7)13/h3-5,13H,1-2H3,(H,11,14). The number of amides is 2. The second-order valence-corrected chi connectivity index (χ2v) is 3.18. The quantitative estimate of drug-likeness (QED) is 0.749. The number of benzene rings is 1. The highest BCUT2D eigenvalue weighted by molar-refractivity contribution is 6.30. The molecule has 14 heavy (non-hydrogen) atoms. The molecule has 76 valence electrons. The lowest BCUT2D eigenvalue weighted by Gasteiger charge is -2.17. The number of carbonyl (C=O) groups is 1. The van der Waals surface area contributed by atoms with Crippen LogP contribution in [0.25, 0.3) is 0 Å². The van der Waals surface area contributed by atoms with Gasteiger partial charge in [0.15, 0.2) is 0 Å². The van der Waals surface area contributed by atoms with Gasteiger partial charge in [0.25, 0.3) is 0 Å². The molecular formula is C9H11ClN2O2.